The van der Waals surface area contributed by atoms with Gasteiger partial charge in [0.15, 0.2) is 0 Å². The highest BCUT2D eigenvalue weighted by Crippen LogP contribution is 2.16. The lowest BCUT2D eigenvalue weighted by Crippen LogP contribution is -2.19. The highest BCUT2D eigenvalue weighted by molar-refractivity contribution is 7.86. The Bertz CT molecular complexity index is 847. The minimum atomic E-state index is -4.76. The molecule has 2 rings (SSSR count). The second kappa shape index (κ2) is 7.22. The lowest BCUT2D eigenvalue weighted by atomic mass is 10.1. The van der Waals surface area contributed by atoms with Crippen molar-refractivity contribution in [3.8, 4) is 0 Å². The van der Waals surface area contributed by atoms with Crippen molar-refractivity contribution in [2.24, 2.45) is 0 Å². The lowest BCUT2D eigenvalue weighted by Gasteiger charge is -2.07. The molecule has 0 spiro atoms. The predicted molar refractivity (Wildman–Crippen MR) is 86.7 cm³/mol. The van der Waals surface area contributed by atoms with Crippen LogP contribution in [-0.4, -0.2) is 20.2 Å². The molecule has 0 heterocycles. The fraction of sp³-hybridized carbons (Fsp3) is 0.125. The van der Waals surface area contributed by atoms with Gasteiger partial charge in [-0.3, -0.25) is 9.59 Å². The van der Waals surface area contributed by atoms with Crippen LogP contribution in [0.5, 0.6) is 0 Å². The van der Waals surface area contributed by atoms with Crippen LogP contribution in [0.1, 0.15) is 22.8 Å². The molecule has 0 aliphatic carbocycles. The number of nitrogens with one attached hydrogen (secondary N) is 2. The van der Waals surface area contributed by atoms with Gasteiger partial charge in [-0.1, -0.05) is 12.1 Å². The van der Waals surface area contributed by atoms with Gasteiger partial charge in [-0.05, 0) is 42.0 Å². The first-order valence-corrected chi connectivity index (χ1v) is 8.33. The van der Waals surface area contributed by atoms with E-state index in [0.717, 1.165) is 17.7 Å². The lowest BCUT2D eigenvalue weighted by molar-refractivity contribution is -0.119. The SMILES string of the molecule is CC(=O)NCc1ccc(C(=O)Nc2ccc(S(=O)(=O)F)cc2)cc1. The van der Waals surface area contributed by atoms with E-state index in [1.54, 1.807) is 24.3 Å². The second-order valence-corrected chi connectivity index (χ2v) is 6.37. The first-order chi connectivity index (χ1) is 11.3. The van der Waals surface area contributed by atoms with Crippen molar-refractivity contribution in [1.29, 1.82) is 0 Å². The molecule has 0 aliphatic heterocycles. The van der Waals surface area contributed by atoms with Crippen LogP contribution in [0.4, 0.5) is 9.57 Å². The largest absolute Gasteiger partial charge is 0.352 e. The molecule has 0 fully saturated rings. The number of carbonyl (C=O) groups excluding carboxylic acids is 2. The first-order valence-electron chi connectivity index (χ1n) is 6.95. The molecule has 0 aliphatic rings. The molecule has 24 heavy (non-hydrogen) atoms. The van der Waals surface area contributed by atoms with Crippen LogP contribution in [0.2, 0.25) is 0 Å². The first kappa shape index (κ1) is 17.6. The maximum atomic E-state index is 12.8. The molecule has 0 unspecified atom stereocenters. The van der Waals surface area contributed by atoms with Crippen LogP contribution >= 0.6 is 0 Å². The van der Waals surface area contributed by atoms with Crippen molar-refractivity contribution in [1.82, 2.24) is 5.32 Å². The zero-order valence-electron chi connectivity index (χ0n) is 12.7. The van der Waals surface area contributed by atoms with Crippen molar-refractivity contribution in [2.45, 2.75) is 18.4 Å². The summed E-state index contributed by atoms with van der Waals surface area (Å²) in [7, 11) is -4.76. The molecule has 126 valence electrons. The van der Waals surface area contributed by atoms with Crippen LogP contribution < -0.4 is 10.6 Å². The molecular formula is C16H15FN2O4S. The normalized spacial score (nSPS) is 10.9. The van der Waals surface area contributed by atoms with Gasteiger partial charge >= 0.3 is 10.2 Å². The van der Waals surface area contributed by atoms with E-state index < -0.39 is 21.0 Å². The monoisotopic (exact) mass is 350 g/mol. The zero-order chi connectivity index (χ0) is 17.7. The Kier molecular flexibility index (Phi) is 5.30. The second-order valence-electron chi connectivity index (χ2n) is 5.02. The summed E-state index contributed by atoms with van der Waals surface area (Å²) in [4.78, 5) is 22.5. The maximum absolute atomic E-state index is 12.8. The van der Waals surface area contributed by atoms with Crippen LogP contribution in [0, 0.1) is 0 Å². The van der Waals surface area contributed by atoms with Crippen molar-refractivity contribution < 1.29 is 21.9 Å². The third-order valence-electron chi connectivity index (χ3n) is 3.15. The van der Waals surface area contributed by atoms with E-state index in [2.05, 4.69) is 10.6 Å². The van der Waals surface area contributed by atoms with Crippen molar-refractivity contribution in [3.05, 3.63) is 59.7 Å². The summed E-state index contributed by atoms with van der Waals surface area (Å²) in [6.07, 6.45) is 0. The predicted octanol–water partition coefficient (Wildman–Crippen LogP) is 2.23. The Morgan fingerprint density at radius 1 is 1.00 bits per heavy atom. The summed E-state index contributed by atoms with van der Waals surface area (Å²) in [6.45, 7) is 1.79. The zero-order valence-corrected chi connectivity index (χ0v) is 13.6. The molecule has 2 aromatic carbocycles. The van der Waals surface area contributed by atoms with Gasteiger partial charge in [-0.15, -0.1) is 3.89 Å². The van der Waals surface area contributed by atoms with E-state index in [0.29, 0.717) is 17.8 Å². The third kappa shape index (κ3) is 4.88. The van der Waals surface area contributed by atoms with E-state index in [1.165, 1.54) is 19.1 Å². The van der Waals surface area contributed by atoms with Crippen molar-refractivity contribution in [3.63, 3.8) is 0 Å². The van der Waals surface area contributed by atoms with Crippen molar-refractivity contribution >= 4 is 27.7 Å². The number of hydrogen-bond donors (Lipinski definition) is 2. The van der Waals surface area contributed by atoms with Gasteiger partial charge in [0.25, 0.3) is 5.91 Å². The van der Waals surface area contributed by atoms with Gasteiger partial charge in [0.2, 0.25) is 5.91 Å². The average molecular weight is 350 g/mol. The number of hydrogen-bond acceptors (Lipinski definition) is 4. The van der Waals surface area contributed by atoms with Gasteiger partial charge in [-0.25, -0.2) is 0 Å². The number of rotatable bonds is 5. The third-order valence-corrected chi connectivity index (χ3v) is 3.99. The molecule has 2 aromatic rings. The fourth-order valence-corrected chi connectivity index (χ4v) is 2.37. The summed E-state index contributed by atoms with van der Waals surface area (Å²) in [5.74, 6) is -0.535. The highest BCUT2D eigenvalue weighted by Gasteiger charge is 2.12. The molecule has 8 heteroatoms. The van der Waals surface area contributed by atoms with Crippen LogP contribution in [0.25, 0.3) is 0 Å². The minimum absolute atomic E-state index is 0.143. The van der Waals surface area contributed by atoms with E-state index in [1.807, 2.05) is 0 Å². The highest BCUT2D eigenvalue weighted by atomic mass is 32.3. The Hall–Kier alpha value is -2.74. The quantitative estimate of drug-likeness (QED) is 0.809. The van der Waals surface area contributed by atoms with Gasteiger partial charge in [-0.2, -0.15) is 8.42 Å². The van der Waals surface area contributed by atoms with E-state index in [4.69, 9.17) is 0 Å². The Morgan fingerprint density at radius 3 is 2.08 bits per heavy atom. The van der Waals surface area contributed by atoms with Crippen LogP contribution in [-0.2, 0) is 21.6 Å². The maximum Gasteiger partial charge on any atom is 0.332 e. The summed E-state index contributed by atoms with van der Waals surface area (Å²) in [5.41, 5.74) is 1.58. The molecule has 0 radical (unpaired) electrons. The van der Waals surface area contributed by atoms with E-state index in [9.17, 15) is 21.9 Å². The standard InChI is InChI=1S/C16H15FN2O4S/c1-11(20)18-10-12-2-4-13(5-3-12)16(21)19-14-6-8-15(9-7-14)24(17,22)23/h2-9H,10H2,1H3,(H,18,20)(H,19,21). The van der Waals surface area contributed by atoms with Gasteiger partial charge in [0.1, 0.15) is 0 Å². The van der Waals surface area contributed by atoms with Crippen LogP contribution in [0.3, 0.4) is 0 Å². The molecule has 0 atom stereocenters. The molecule has 0 saturated heterocycles. The summed E-state index contributed by atoms with van der Waals surface area (Å²) in [5, 5.41) is 5.23. The Balaban J connectivity index is 2.03. The molecular weight excluding hydrogens is 335 g/mol. The molecule has 2 amide bonds. The van der Waals surface area contributed by atoms with Crippen molar-refractivity contribution in [2.75, 3.05) is 5.32 Å². The number of amides is 2. The van der Waals surface area contributed by atoms with Crippen LogP contribution in [0.15, 0.2) is 53.4 Å². The Morgan fingerprint density at radius 2 is 1.58 bits per heavy atom. The summed E-state index contributed by atoms with van der Waals surface area (Å²) >= 11 is 0. The molecule has 0 bridgehead atoms. The minimum Gasteiger partial charge on any atom is -0.352 e. The van der Waals surface area contributed by atoms with Gasteiger partial charge in [0, 0.05) is 24.7 Å². The summed E-state index contributed by atoms with van der Waals surface area (Å²) < 4.78 is 34.3. The number of anilines is 1. The summed E-state index contributed by atoms with van der Waals surface area (Å²) in [6, 6.07) is 11.4. The van der Waals surface area contributed by atoms with Gasteiger partial charge < -0.3 is 10.6 Å². The fourth-order valence-electron chi connectivity index (χ4n) is 1.90. The van der Waals surface area contributed by atoms with Gasteiger partial charge in [0.05, 0.1) is 4.90 Å². The molecule has 0 aromatic heterocycles. The van der Waals surface area contributed by atoms with E-state index >= 15 is 0 Å². The average Bonchev–Trinajstić information content (AvgIpc) is 2.53. The number of carbonyl (C=O) groups is 2. The number of halogens is 1. The number of benzene rings is 2. The van der Waals surface area contributed by atoms with E-state index in [-0.39, 0.29) is 5.91 Å². The topological polar surface area (TPSA) is 92.3 Å². The smallest absolute Gasteiger partial charge is 0.332 e. The molecule has 0 saturated carbocycles. The Labute approximate surface area is 138 Å². The molecule has 6 nitrogen and oxygen atoms in total. The molecule has 2 N–H and O–H groups in total.